The Labute approximate surface area is 121 Å². The van der Waals surface area contributed by atoms with Gasteiger partial charge in [-0.15, -0.1) is 0 Å². The van der Waals surface area contributed by atoms with Gasteiger partial charge in [0.25, 0.3) is 0 Å². The molecule has 1 aromatic carbocycles. The number of hydrogen-bond donors (Lipinski definition) is 2. The molecule has 104 valence electrons. The van der Waals surface area contributed by atoms with Gasteiger partial charge in [-0.1, -0.05) is 23.2 Å². The number of likely N-dealkylation sites (N-methyl/N-ethyl adjacent to an activating group) is 1. The van der Waals surface area contributed by atoms with Crippen molar-refractivity contribution in [3.8, 4) is 0 Å². The average Bonchev–Trinajstić information content (AvgIpc) is 2.30. The van der Waals surface area contributed by atoms with Crippen LogP contribution in [0.25, 0.3) is 0 Å². The van der Waals surface area contributed by atoms with Gasteiger partial charge in [0, 0.05) is 11.6 Å². The van der Waals surface area contributed by atoms with Crippen molar-refractivity contribution >= 4 is 40.8 Å². The third kappa shape index (κ3) is 5.92. The van der Waals surface area contributed by atoms with E-state index >= 15 is 0 Å². The standard InChI is InChI=1S/C12H14Cl2N2O3/c1-16(5-4-12(18)19)7-11(17)15-10-3-2-8(13)6-9(10)14/h2-3,6H,4-5,7H2,1H3,(H,15,17)(H,18,19). The van der Waals surface area contributed by atoms with Crippen LogP contribution in [0.1, 0.15) is 6.42 Å². The summed E-state index contributed by atoms with van der Waals surface area (Å²) in [6.07, 6.45) is -0.00845. The van der Waals surface area contributed by atoms with E-state index in [9.17, 15) is 9.59 Å². The summed E-state index contributed by atoms with van der Waals surface area (Å²) in [7, 11) is 1.67. The van der Waals surface area contributed by atoms with Crippen LogP contribution in [-0.4, -0.2) is 42.0 Å². The van der Waals surface area contributed by atoms with Gasteiger partial charge in [0.2, 0.25) is 5.91 Å². The van der Waals surface area contributed by atoms with Crippen LogP contribution in [0.15, 0.2) is 18.2 Å². The predicted molar refractivity (Wildman–Crippen MR) is 74.8 cm³/mol. The van der Waals surface area contributed by atoms with Crippen LogP contribution in [0, 0.1) is 0 Å². The number of nitrogens with zero attached hydrogens (tertiary/aromatic N) is 1. The SMILES string of the molecule is CN(CCC(=O)O)CC(=O)Nc1ccc(Cl)cc1Cl. The van der Waals surface area contributed by atoms with Crippen LogP contribution >= 0.6 is 23.2 Å². The van der Waals surface area contributed by atoms with Gasteiger partial charge in [-0.05, 0) is 25.2 Å². The number of aliphatic carboxylic acids is 1. The summed E-state index contributed by atoms with van der Waals surface area (Å²) in [5, 5.41) is 12.0. The lowest BCUT2D eigenvalue weighted by Gasteiger charge is -2.15. The molecule has 1 amide bonds. The fraction of sp³-hybridized carbons (Fsp3) is 0.333. The summed E-state index contributed by atoms with van der Waals surface area (Å²) in [4.78, 5) is 23.7. The van der Waals surface area contributed by atoms with E-state index in [0.717, 1.165) is 0 Å². The molecule has 0 spiro atoms. The highest BCUT2D eigenvalue weighted by atomic mass is 35.5. The zero-order valence-electron chi connectivity index (χ0n) is 10.3. The lowest BCUT2D eigenvalue weighted by atomic mass is 10.3. The zero-order chi connectivity index (χ0) is 14.4. The molecule has 0 fully saturated rings. The molecule has 1 rings (SSSR count). The predicted octanol–water partition coefficient (Wildman–Crippen LogP) is 2.34. The van der Waals surface area contributed by atoms with Crippen molar-refractivity contribution in [1.29, 1.82) is 0 Å². The zero-order valence-corrected chi connectivity index (χ0v) is 11.8. The quantitative estimate of drug-likeness (QED) is 0.846. The lowest BCUT2D eigenvalue weighted by Crippen LogP contribution is -2.31. The number of anilines is 1. The Morgan fingerprint density at radius 1 is 1.37 bits per heavy atom. The Balaban J connectivity index is 2.48. The molecule has 0 aromatic heterocycles. The molecule has 0 aliphatic rings. The summed E-state index contributed by atoms with van der Waals surface area (Å²) < 4.78 is 0. The van der Waals surface area contributed by atoms with E-state index in [1.165, 1.54) is 6.07 Å². The fourth-order valence-electron chi connectivity index (χ4n) is 1.39. The number of nitrogens with one attached hydrogen (secondary N) is 1. The van der Waals surface area contributed by atoms with E-state index in [1.54, 1.807) is 24.1 Å². The van der Waals surface area contributed by atoms with Gasteiger partial charge in [-0.2, -0.15) is 0 Å². The Morgan fingerprint density at radius 2 is 2.05 bits per heavy atom. The van der Waals surface area contributed by atoms with Crippen molar-refractivity contribution in [3.63, 3.8) is 0 Å². The monoisotopic (exact) mass is 304 g/mol. The lowest BCUT2D eigenvalue weighted by molar-refractivity contribution is -0.137. The minimum atomic E-state index is -0.895. The van der Waals surface area contributed by atoms with Gasteiger partial charge in [-0.3, -0.25) is 14.5 Å². The minimum Gasteiger partial charge on any atom is -0.481 e. The van der Waals surface area contributed by atoms with E-state index < -0.39 is 5.97 Å². The molecule has 1 aromatic rings. The summed E-state index contributed by atoms with van der Waals surface area (Å²) >= 11 is 11.7. The molecule has 0 saturated carbocycles. The topological polar surface area (TPSA) is 69.6 Å². The molecule has 0 unspecified atom stereocenters. The van der Waals surface area contributed by atoms with Crippen molar-refractivity contribution in [3.05, 3.63) is 28.2 Å². The second-order valence-electron chi connectivity index (χ2n) is 4.05. The van der Waals surface area contributed by atoms with Gasteiger partial charge in [0.15, 0.2) is 0 Å². The smallest absolute Gasteiger partial charge is 0.304 e. The molecule has 0 bridgehead atoms. The largest absolute Gasteiger partial charge is 0.481 e. The normalized spacial score (nSPS) is 10.5. The Hall–Kier alpha value is -1.30. The van der Waals surface area contributed by atoms with Gasteiger partial charge < -0.3 is 10.4 Å². The minimum absolute atomic E-state index is 0.00845. The van der Waals surface area contributed by atoms with Crippen LogP contribution in [0.2, 0.25) is 10.0 Å². The maximum atomic E-state index is 11.7. The van der Waals surface area contributed by atoms with Crippen LogP contribution in [0.4, 0.5) is 5.69 Å². The van der Waals surface area contributed by atoms with Crippen LogP contribution in [0.5, 0.6) is 0 Å². The highest BCUT2D eigenvalue weighted by Gasteiger charge is 2.10. The summed E-state index contributed by atoms with van der Waals surface area (Å²) in [6.45, 7) is 0.392. The number of carboxylic acid groups (broad SMARTS) is 1. The number of benzene rings is 1. The molecule has 7 heteroatoms. The molecule has 0 radical (unpaired) electrons. The molecule has 2 N–H and O–H groups in total. The van der Waals surface area contributed by atoms with Gasteiger partial charge in [0.05, 0.1) is 23.7 Å². The van der Waals surface area contributed by atoms with E-state index in [4.69, 9.17) is 28.3 Å². The van der Waals surface area contributed by atoms with Gasteiger partial charge >= 0.3 is 5.97 Å². The molecule has 0 heterocycles. The summed E-state index contributed by atoms with van der Waals surface area (Å²) in [5.41, 5.74) is 0.475. The summed E-state index contributed by atoms with van der Waals surface area (Å²) in [5.74, 6) is -1.16. The molecule has 0 saturated heterocycles. The number of rotatable bonds is 6. The van der Waals surface area contributed by atoms with E-state index in [2.05, 4.69) is 5.32 Å². The average molecular weight is 305 g/mol. The number of carbonyl (C=O) groups excluding carboxylic acids is 1. The first kappa shape index (κ1) is 15.8. The number of carbonyl (C=O) groups is 2. The maximum absolute atomic E-state index is 11.7. The number of carboxylic acids is 1. The third-order valence-electron chi connectivity index (χ3n) is 2.33. The van der Waals surface area contributed by atoms with Crippen LogP contribution < -0.4 is 5.32 Å². The van der Waals surface area contributed by atoms with E-state index in [1.807, 2.05) is 0 Å². The number of amides is 1. The highest BCUT2D eigenvalue weighted by molar-refractivity contribution is 6.36. The van der Waals surface area contributed by atoms with Gasteiger partial charge in [-0.25, -0.2) is 0 Å². The molecule has 0 atom stereocenters. The first-order valence-corrected chi connectivity index (χ1v) is 6.29. The van der Waals surface area contributed by atoms with Crippen LogP contribution in [0.3, 0.4) is 0 Å². The number of hydrogen-bond acceptors (Lipinski definition) is 3. The second-order valence-corrected chi connectivity index (χ2v) is 4.90. The summed E-state index contributed by atoms with van der Waals surface area (Å²) in [6, 6.07) is 4.77. The molecule has 0 aliphatic heterocycles. The second kappa shape index (κ2) is 7.33. The Kier molecular flexibility index (Phi) is 6.08. The molecule has 19 heavy (non-hydrogen) atoms. The molecular weight excluding hydrogens is 291 g/mol. The first-order chi connectivity index (χ1) is 8.88. The molecular formula is C12H14Cl2N2O3. The van der Waals surface area contributed by atoms with Crippen LogP contribution in [-0.2, 0) is 9.59 Å². The van der Waals surface area contributed by atoms with Crippen molar-refractivity contribution < 1.29 is 14.7 Å². The van der Waals surface area contributed by atoms with E-state index in [-0.39, 0.29) is 18.9 Å². The van der Waals surface area contributed by atoms with E-state index in [0.29, 0.717) is 22.3 Å². The van der Waals surface area contributed by atoms with Crippen molar-refractivity contribution in [2.24, 2.45) is 0 Å². The maximum Gasteiger partial charge on any atom is 0.304 e. The van der Waals surface area contributed by atoms with Crippen molar-refractivity contribution in [2.45, 2.75) is 6.42 Å². The highest BCUT2D eigenvalue weighted by Crippen LogP contribution is 2.25. The Bertz CT molecular complexity index is 480. The first-order valence-electron chi connectivity index (χ1n) is 5.53. The molecule has 0 aliphatic carbocycles. The Morgan fingerprint density at radius 3 is 2.63 bits per heavy atom. The fourth-order valence-corrected chi connectivity index (χ4v) is 1.85. The van der Waals surface area contributed by atoms with Crippen molar-refractivity contribution in [1.82, 2.24) is 4.90 Å². The van der Waals surface area contributed by atoms with Crippen molar-refractivity contribution in [2.75, 3.05) is 25.5 Å². The molecule has 5 nitrogen and oxygen atoms in total. The van der Waals surface area contributed by atoms with Gasteiger partial charge in [0.1, 0.15) is 0 Å². The number of halogens is 2. The third-order valence-corrected chi connectivity index (χ3v) is 2.87.